The van der Waals surface area contributed by atoms with Crippen molar-refractivity contribution in [1.82, 2.24) is 0 Å². The van der Waals surface area contributed by atoms with Crippen LogP contribution in [-0.2, 0) is 0 Å². The van der Waals surface area contributed by atoms with E-state index in [1.165, 1.54) is 0 Å². The van der Waals surface area contributed by atoms with Gasteiger partial charge in [-0.05, 0) is 29.7 Å². The van der Waals surface area contributed by atoms with Crippen molar-refractivity contribution < 1.29 is 0 Å². The van der Waals surface area contributed by atoms with Crippen molar-refractivity contribution in [2.75, 3.05) is 0 Å². The summed E-state index contributed by atoms with van der Waals surface area (Å²) in [6, 6.07) is 8.83. The molecule has 0 aromatic heterocycles. The zero-order chi connectivity index (χ0) is 12.1. The van der Waals surface area contributed by atoms with Crippen molar-refractivity contribution >= 4 is 28.8 Å². The Balaban J connectivity index is 3.37. The highest BCUT2D eigenvalue weighted by Crippen LogP contribution is 2.28. The second-order valence-corrected chi connectivity index (χ2v) is 3.87. The fourth-order valence-corrected chi connectivity index (χ4v) is 1.67. The van der Waals surface area contributed by atoms with Crippen LogP contribution in [0.2, 0.25) is 10.0 Å². The molecule has 0 N–H and O–H groups in total. The average molecular weight is 251 g/mol. The second kappa shape index (κ2) is 5.56. The van der Waals surface area contributed by atoms with Gasteiger partial charge in [-0.3, -0.25) is 0 Å². The first-order valence-corrected chi connectivity index (χ1v) is 5.38. The summed E-state index contributed by atoms with van der Waals surface area (Å²) in [7, 11) is 0. The summed E-state index contributed by atoms with van der Waals surface area (Å²) in [5.74, 6) is 0. The maximum Gasteiger partial charge on any atom is 0.133 e. The van der Waals surface area contributed by atoms with Gasteiger partial charge in [0.05, 0.1) is 10.0 Å². The van der Waals surface area contributed by atoms with Gasteiger partial charge in [0.2, 0.25) is 0 Å². The number of benzene rings is 1. The molecule has 16 heavy (non-hydrogen) atoms. The highest BCUT2D eigenvalue weighted by atomic mass is 35.5. The van der Waals surface area contributed by atoms with Gasteiger partial charge >= 0.3 is 0 Å². The summed E-state index contributed by atoms with van der Waals surface area (Å²) in [6.45, 7) is 1.88. The minimum atomic E-state index is 0.112. The van der Waals surface area contributed by atoms with Gasteiger partial charge < -0.3 is 0 Å². The largest absolute Gasteiger partial charge is 0.192 e. The van der Waals surface area contributed by atoms with Crippen LogP contribution in [0.5, 0.6) is 0 Å². The van der Waals surface area contributed by atoms with Gasteiger partial charge in [-0.1, -0.05) is 36.2 Å². The second-order valence-electron chi connectivity index (χ2n) is 3.06. The Kier molecular flexibility index (Phi) is 4.38. The first-order valence-electron chi connectivity index (χ1n) is 4.62. The monoisotopic (exact) mass is 250 g/mol. The smallest absolute Gasteiger partial charge is 0.133 e. The van der Waals surface area contributed by atoms with Crippen LogP contribution in [0.1, 0.15) is 18.9 Å². The quantitative estimate of drug-likeness (QED) is 0.739. The van der Waals surface area contributed by atoms with Crippen LogP contribution >= 0.6 is 23.2 Å². The van der Waals surface area contributed by atoms with E-state index in [2.05, 4.69) is 0 Å². The van der Waals surface area contributed by atoms with E-state index in [-0.39, 0.29) is 5.57 Å². The van der Waals surface area contributed by atoms with Gasteiger partial charge in [0.1, 0.15) is 17.7 Å². The normalized spacial score (nSPS) is 9.06. The van der Waals surface area contributed by atoms with Gasteiger partial charge in [-0.15, -0.1) is 0 Å². The molecule has 1 aromatic carbocycles. The summed E-state index contributed by atoms with van der Waals surface area (Å²) in [5.41, 5.74) is 1.56. The van der Waals surface area contributed by atoms with Crippen molar-refractivity contribution in [1.29, 1.82) is 10.5 Å². The lowest BCUT2D eigenvalue weighted by Gasteiger charge is -2.06. The van der Waals surface area contributed by atoms with E-state index in [1.54, 1.807) is 18.2 Å². The molecule has 0 spiro atoms. The van der Waals surface area contributed by atoms with Crippen LogP contribution in [0, 0.1) is 22.7 Å². The maximum absolute atomic E-state index is 8.82. The Labute approximate surface area is 104 Å². The molecule has 0 aliphatic heterocycles. The van der Waals surface area contributed by atoms with Gasteiger partial charge in [0.15, 0.2) is 0 Å². The predicted octanol–water partition coefficient (Wildman–Crippen LogP) is 4.20. The first-order chi connectivity index (χ1) is 7.63. The number of allylic oxidation sites excluding steroid dienone is 2. The molecule has 0 fully saturated rings. The summed E-state index contributed by atoms with van der Waals surface area (Å²) in [5, 5.41) is 18.5. The number of nitriles is 2. The number of hydrogen-bond acceptors (Lipinski definition) is 2. The predicted molar refractivity (Wildman–Crippen MR) is 64.9 cm³/mol. The number of hydrogen-bond donors (Lipinski definition) is 0. The lowest BCUT2D eigenvalue weighted by Crippen LogP contribution is -1.88. The van der Waals surface area contributed by atoms with E-state index in [9.17, 15) is 0 Å². The molecule has 80 valence electrons. The lowest BCUT2D eigenvalue weighted by atomic mass is 9.99. The molecule has 0 unspecified atom stereocenters. The van der Waals surface area contributed by atoms with E-state index in [1.807, 2.05) is 19.1 Å². The molecular weight excluding hydrogens is 243 g/mol. The molecule has 0 saturated carbocycles. The third-order valence-corrected chi connectivity index (χ3v) is 2.89. The van der Waals surface area contributed by atoms with Crippen LogP contribution in [0.25, 0.3) is 5.57 Å². The average Bonchev–Trinajstić information content (AvgIpc) is 2.29. The zero-order valence-electron chi connectivity index (χ0n) is 8.59. The van der Waals surface area contributed by atoms with E-state index in [0.29, 0.717) is 22.0 Å². The van der Waals surface area contributed by atoms with Crippen molar-refractivity contribution in [3.8, 4) is 12.1 Å². The van der Waals surface area contributed by atoms with Crippen molar-refractivity contribution in [3.05, 3.63) is 39.4 Å². The van der Waals surface area contributed by atoms with E-state index >= 15 is 0 Å². The summed E-state index contributed by atoms with van der Waals surface area (Å²) >= 11 is 11.7. The summed E-state index contributed by atoms with van der Waals surface area (Å²) in [4.78, 5) is 0. The van der Waals surface area contributed by atoms with Gasteiger partial charge in [0.25, 0.3) is 0 Å². The number of nitrogens with zero attached hydrogens (tertiary/aromatic N) is 2. The molecule has 1 rings (SSSR count). The molecule has 0 atom stereocenters. The molecule has 0 radical (unpaired) electrons. The van der Waals surface area contributed by atoms with Gasteiger partial charge in [0, 0.05) is 0 Å². The molecular formula is C12H8Cl2N2. The Morgan fingerprint density at radius 2 is 1.81 bits per heavy atom. The first kappa shape index (κ1) is 12.6. The molecule has 0 bridgehead atoms. The topological polar surface area (TPSA) is 47.6 Å². The molecule has 0 aliphatic carbocycles. The fraction of sp³-hybridized carbons (Fsp3) is 0.167. The summed E-state index contributed by atoms with van der Waals surface area (Å²) < 4.78 is 0. The highest BCUT2D eigenvalue weighted by Gasteiger charge is 2.08. The standard InChI is InChI=1S/C12H8Cl2N2/c1-2-10(9(6-15)7-16)8-3-4-11(13)12(14)5-8/h3-5H,2H2,1H3. The Bertz CT molecular complexity index is 503. The van der Waals surface area contributed by atoms with Gasteiger partial charge in [-0.25, -0.2) is 0 Å². The highest BCUT2D eigenvalue weighted by molar-refractivity contribution is 6.42. The number of halogens is 2. The van der Waals surface area contributed by atoms with Crippen molar-refractivity contribution in [3.63, 3.8) is 0 Å². The molecule has 0 heterocycles. The van der Waals surface area contributed by atoms with Crippen molar-refractivity contribution in [2.45, 2.75) is 13.3 Å². The minimum absolute atomic E-state index is 0.112. The Morgan fingerprint density at radius 1 is 1.19 bits per heavy atom. The van der Waals surface area contributed by atoms with Crippen LogP contribution in [0.15, 0.2) is 23.8 Å². The third kappa shape index (κ3) is 2.55. The Morgan fingerprint density at radius 3 is 2.25 bits per heavy atom. The van der Waals surface area contributed by atoms with E-state index in [0.717, 1.165) is 5.56 Å². The fourth-order valence-electron chi connectivity index (χ4n) is 1.37. The van der Waals surface area contributed by atoms with Crippen LogP contribution in [0.3, 0.4) is 0 Å². The number of rotatable bonds is 2. The maximum atomic E-state index is 8.82. The van der Waals surface area contributed by atoms with Crippen molar-refractivity contribution in [2.24, 2.45) is 0 Å². The molecule has 0 amide bonds. The van der Waals surface area contributed by atoms with Crippen LogP contribution < -0.4 is 0 Å². The summed E-state index contributed by atoms with van der Waals surface area (Å²) in [6.07, 6.45) is 0.592. The lowest BCUT2D eigenvalue weighted by molar-refractivity contribution is 1.23. The molecule has 0 aliphatic rings. The van der Waals surface area contributed by atoms with Crippen LogP contribution in [-0.4, -0.2) is 0 Å². The SMILES string of the molecule is CCC(=C(C#N)C#N)c1ccc(Cl)c(Cl)c1. The zero-order valence-corrected chi connectivity index (χ0v) is 10.1. The molecule has 1 aromatic rings. The Hall–Kier alpha value is -1.48. The molecule has 0 saturated heterocycles. The van der Waals surface area contributed by atoms with Gasteiger partial charge in [-0.2, -0.15) is 10.5 Å². The molecule has 2 nitrogen and oxygen atoms in total. The minimum Gasteiger partial charge on any atom is -0.192 e. The van der Waals surface area contributed by atoms with Crippen LogP contribution in [0.4, 0.5) is 0 Å². The van der Waals surface area contributed by atoms with E-state index in [4.69, 9.17) is 33.7 Å². The third-order valence-electron chi connectivity index (χ3n) is 2.15. The molecule has 4 heteroatoms. The van der Waals surface area contributed by atoms with E-state index < -0.39 is 0 Å².